The van der Waals surface area contributed by atoms with Crippen LogP contribution in [0, 0.1) is 5.82 Å². The highest BCUT2D eigenvalue weighted by Crippen LogP contribution is 2.26. The third-order valence-corrected chi connectivity index (χ3v) is 5.38. The number of hydrogen-bond acceptors (Lipinski definition) is 3. The van der Waals surface area contributed by atoms with Crippen molar-refractivity contribution in [2.45, 2.75) is 17.9 Å². The number of nitrogens with zero attached hydrogens (tertiary/aromatic N) is 1. The molecule has 0 aromatic heterocycles. The molecule has 1 aromatic carbocycles. The van der Waals surface area contributed by atoms with E-state index in [1.165, 1.54) is 13.0 Å². The summed E-state index contributed by atoms with van der Waals surface area (Å²) in [4.78, 5) is 10.5. The van der Waals surface area contributed by atoms with Crippen LogP contribution < -0.4 is 0 Å². The number of carboxylic acid groups (broad SMARTS) is 1. The molecule has 5 nitrogen and oxygen atoms in total. The van der Waals surface area contributed by atoms with Crippen molar-refractivity contribution in [2.75, 3.05) is 7.05 Å². The zero-order valence-corrected chi connectivity index (χ0v) is 12.0. The van der Waals surface area contributed by atoms with Gasteiger partial charge in [-0.1, -0.05) is 0 Å². The molecule has 0 saturated carbocycles. The van der Waals surface area contributed by atoms with Crippen LogP contribution in [0.4, 0.5) is 4.39 Å². The Morgan fingerprint density at radius 2 is 2.06 bits per heavy atom. The largest absolute Gasteiger partial charge is 0.480 e. The second-order valence-corrected chi connectivity index (χ2v) is 6.43. The monoisotopic (exact) mass is 339 g/mol. The smallest absolute Gasteiger partial charge is 0.321 e. The van der Waals surface area contributed by atoms with Gasteiger partial charge in [-0.15, -0.1) is 0 Å². The van der Waals surface area contributed by atoms with E-state index in [0.717, 1.165) is 19.2 Å². The fraction of sp³-hybridized carbons (Fsp3) is 0.300. The minimum atomic E-state index is -4.07. The molecule has 1 aromatic rings. The predicted octanol–water partition coefficient (Wildman–Crippen LogP) is 1.68. The molecule has 0 amide bonds. The van der Waals surface area contributed by atoms with E-state index in [1.54, 1.807) is 0 Å². The van der Waals surface area contributed by atoms with Crippen molar-refractivity contribution in [1.29, 1.82) is 0 Å². The van der Waals surface area contributed by atoms with Crippen LogP contribution in [0.25, 0.3) is 0 Å². The Hall–Kier alpha value is -0.990. The van der Waals surface area contributed by atoms with Crippen LogP contribution in [0.2, 0.25) is 0 Å². The van der Waals surface area contributed by atoms with Crippen LogP contribution >= 0.6 is 15.9 Å². The SMILES string of the molecule is CC(C(=O)O)N(C)S(=O)(=O)c1cc(F)ccc1Br. The topological polar surface area (TPSA) is 74.7 Å². The highest BCUT2D eigenvalue weighted by atomic mass is 79.9. The van der Waals surface area contributed by atoms with Gasteiger partial charge >= 0.3 is 5.97 Å². The number of hydrogen-bond donors (Lipinski definition) is 1. The summed E-state index contributed by atoms with van der Waals surface area (Å²) in [5.74, 6) is -2.00. The molecule has 1 rings (SSSR count). The second-order valence-electron chi connectivity index (χ2n) is 3.61. The molecule has 1 unspecified atom stereocenters. The molecule has 0 aliphatic rings. The van der Waals surface area contributed by atoms with Crippen molar-refractivity contribution in [3.8, 4) is 0 Å². The quantitative estimate of drug-likeness (QED) is 0.905. The molecule has 0 aliphatic heterocycles. The zero-order valence-electron chi connectivity index (χ0n) is 9.59. The summed E-state index contributed by atoms with van der Waals surface area (Å²) < 4.78 is 38.2. The summed E-state index contributed by atoms with van der Waals surface area (Å²) in [5.41, 5.74) is 0. The number of aliphatic carboxylic acids is 1. The first-order valence-corrected chi connectivity index (χ1v) is 7.07. The maximum Gasteiger partial charge on any atom is 0.321 e. The Balaban J connectivity index is 3.29. The maximum atomic E-state index is 13.1. The number of likely N-dealkylation sites (N-methyl/N-ethyl adjacent to an activating group) is 1. The van der Waals surface area contributed by atoms with E-state index in [9.17, 15) is 17.6 Å². The Morgan fingerprint density at radius 3 is 2.56 bits per heavy atom. The molecule has 0 spiro atoms. The van der Waals surface area contributed by atoms with Gasteiger partial charge in [0.1, 0.15) is 11.9 Å². The highest BCUT2D eigenvalue weighted by Gasteiger charge is 2.31. The fourth-order valence-electron chi connectivity index (χ4n) is 1.19. The summed E-state index contributed by atoms with van der Waals surface area (Å²) in [6, 6.07) is 1.94. The number of carboxylic acids is 1. The summed E-state index contributed by atoms with van der Waals surface area (Å²) in [6.07, 6.45) is 0. The van der Waals surface area contributed by atoms with Gasteiger partial charge in [-0.05, 0) is 41.1 Å². The van der Waals surface area contributed by atoms with Gasteiger partial charge in [0, 0.05) is 11.5 Å². The molecule has 0 saturated heterocycles. The summed E-state index contributed by atoms with van der Waals surface area (Å²) in [7, 11) is -2.94. The Kier molecular flexibility index (Phi) is 4.46. The average molecular weight is 340 g/mol. The van der Waals surface area contributed by atoms with Gasteiger partial charge in [-0.3, -0.25) is 4.79 Å². The molecular formula is C10H11BrFNO4S. The van der Waals surface area contributed by atoms with Crippen LogP contribution in [0.15, 0.2) is 27.6 Å². The molecule has 0 heterocycles. The van der Waals surface area contributed by atoms with E-state index >= 15 is 0 Å². The first-order chi connectivity index (χ1) is 8.17. The highest BCUT2D eigenvalue weighted by molar-refractivity contribution is 9.10. The van der Waals surface area contributed by atoms with E-state index in [1.807, 2.05) is 0 Å². The van der Waals surface area contributed by atoms with E-state index in [-0.39, 0.29) is 9.37 Å². The number of sulfonamides is 1. The van der Waals surface area contributed by atoms with Gasteiger partial charge in [-0.25, -0.2) is 12.8 Å². The third kappa shape index (κ3) is 2.88. The van der Waals surface area contributed by atoms with E-state index in [4.69, 9.17) is 5.11 Å². The molecule has 0 bridgehead atoms. The number of rotatable bonds is 4. The fourth-order valence-corrected chi connectivity index (χ4v) is 3.45. The van der Waals surface area contributed by atoms with Crippen LogP contribution in [-0.4, -0.2) is 36.9 Å². The molecule has 18 heavy (non-hydrogen) atoms. The van der Waals surface area contributed by atoms with Gasteiger partial charge in [0.25, 0.3) is 0 Å². The molecule has 100 valence electrons. The van der Waals surface area contributed by atoms with Crippen LogP contribution in [0.5, 0.6) is 0 Å². The molecule has 1 N–H and O–H groups in total. The Labute approximate surface area is 112 Å². The van der Waals surface area contributed by atoms with E-state index < -0.39 is 27.9 Å². The average Bonchev–Trinajstić information content (AvgIpc) is 2.29. The minimum absolute atomic E-state index is 0.174. The molecular weight excluding hydrogens is 329 g/mol. The summed E-state index contributed by atoms with van der Waals surface area (Å²) in [5, 5.41) is 8.79. The number of benzene rings is 1. The molecule has 0 radical (unpaired) electrons. The van der Waals surface area contributed by atoms with Crippen molar-refractivity contribution in [1.82, 2.24) is 4.31 Å². The van der Waals surface area contributed by atoms with Crippen LogP contribution in [0.3, 0.4) is 0 Å². The van der Waals surface area contributed by atoms with Crippen molar-refractivity contribution in [2.24, 2.45) is 0 Å². The van der Waals surface area contributed by atoms with Crippen molar-refractivity contribution in [3.63, 3.8) is 0 Å². The van der Waals surface area contributed by atoms with Crippen molar-refractivity contribution < 1.29 is 22.7 Å². The normalized spacial score (nSPS) is 13.6. The van der Waals surface area contributed by atoms with Crippen molar-refractivity contribution >= 4 is 31.9 Å². The van der Waals surface area contributed by atoms with E-state index in [0.29, 0.717) is 4.31 Å². The first kappa shape index (κ1) is 15.1. The first-order valence-electron chi connectivity index (χ1n) is 4.84. The van der Waals surface area contributed by atoms with Gasteiger partial charge in [-0.2, -0.15) is 4.31 Å². The lowest BCUT2D eigenvalue weighted by Crippen LogP contribution is -2.40. The van der Waals surface area contributed by atoms with Gasteiger partial charge in [0.15, 0.2) is 0 Å². The zero-order chi connectivity index (χ0) is 14.1. The van der Waals surface area contributed by atoms with Gasteiger partial charge in [0.05, 0.1) is 4.90 Å². The van der Waals surface area contributed by atoms with Gasteiger partial charge < -0.3 is 5.11 Å². The van der Waals surface area contributed by atoms with Crippen molar-refractivity contribution in [3.05, 3.63) is 28.5 Å². The molecule has 0 fully saturated rings. The summed E-state index contributed by atoms with van der Waals surface area (Å²) >= 11 is 3.00. The standard InChI is InChI=1S/C10H11BrFNO4S/c1-6(10(14)15)13(2)18(16,17)9-5-7(12)3-4-8(9)11/h3-6H,1-2H3,(H,14,15). The van der Waals surface area contributed by atoms with Crippen LogP contribution in [-0.2, 0) is 14.8 Å². The number of carbonyl (C=O) groups is 1. The predicted molar refractivity (Wildman–Crippen MR) is 66.1 cm³/mol. The molecule has 0 aliphatic carbocycles. The lowest BCUT2D eigenvalue weighted by atomic mass is 10.3. The second kappa shape index (κ2) is 5.33. The lowest BCUT2D eigenvalue weighted by molar-refractivity contribution is -0.140. The minimum Gasteiger partial charge on any atom is -0.480 e. The van der Waals surface area contributed by atoms with E-state index in [2.05, 4.69) is 15.9 Å². The maximum absolute atomic E-state index is 13.1. The Morgan fingerprint density at radius 1 is 1.50 bits per heavy atom. The molecule has 8 heteroatoms. The van der Waals surface area contributed by atoms with Crippen LogP contribution in [0.1, 0.15) is 6.92 Å². The molecule has 1 atom stereocenters. The van der Waals surface area contributed by atoms with Gasteiger partial charge in [0.2, 0.25) is 10.0 Å². The Bertz CT molecular complexity index is 575. The third-order valence-electron chi connectivity index (χ3n) is 2.45. The lowest BCUT2D eigenvalue weighted by Gasteiger charge is -2.21. The summed E-state index contributed by atoms with van der Waals surface area (Å²) in [6.45, 7) is 1.23. The number of halogens is 2.